The Balaban J connectivity index is 2.67. The fraction of sp³-hybridized carbons (Fsp3) is 0.400. The van der Waals surface area contributed by atoms with Crippen LogP contribution >= 0.6 is 11.3 Å². The lowest BCUT2D eigenvalue weighted by Crippen LogP contribution is -2.15. The van der Waals surface area contributed by atoms with E-state index in [1.807, 2.05) is 13.0 Å². The highest BCUT2D eigenvalue weighted by Gasteiger charge is 2.22. The van der Waals surface area contributed by atoms with Crippen LogP contribution in [0.25, 0.3) is 10.2 Å². The highest BCUT2D eigenvalue weighted by atomic mass is 32.2. The first-order valence-electron chi connectivity index (χ1n) is 5.26. The number of sulfone groups is 1. The summed E-state index contributed by atoms with van der Waals surface area (Å²) in [5.74, 6) is 6.14. The summed E-state index contributed by atoms with van der Waals surface area (Å²) >= 11 is 1.48. The Morgan fingerprint density at radius 2 is 2.11 bits per heavy atom. The van der Waals surface area contributed by atoms with Crippen molar-refractivity contribution in [3.8, 4) is 0 Å². The van der Waals surface area contributed by atoms with Crippen LogP contribution in [-0.4, -0.2) is 24.6 Å². The average Bonchev–Trinajstić information content (AvgIpc) is 2.65. The molecule has 2 aromatic heterocycles. The van der Waals surface area contributed by atoms with Crippen molar-refractivity contribution in [2.24, 2.45) is 5.84 Å². The molecule has 1 unspecified atom stereocenters. The minimum absolute atomic E-state index is 0.264. The zero-order chi connectivity index (χ0) is 13.5. The van der Waals surface area contributed by atoms with Crippen LogP contribution in [0.15, 0.2) is 6.07 Å². The lowest BCUT2D eigenvalue weighted by atomic mass is 10.3. The first kappa shape index (κ1) is 13.2. The van der Waals surface area contributed by atoms with E-state index >= 15 is 0 Å². The molecule has 3 N–H and O–H groups in total. The molecule has 0 aliphatic carbocycles. The van der Waals surface area contributed by atoms with Gasteiger partial charge >= 0.3 is 0 Å². The van der Waals surface area contributed by atoms with Gasteiger partial charge in [0.2, 0.25) is 0 Å². The molecule has 0 aliphatic heterocycles. The van der Waals surface area contributed by atoms with Crippen LogP contribution in [0.5, 0.6) is 0 Å². The lowest BCUT2D eigenvalue weighted by Gasteiger charge is -2.10. The van der Waals surface area contributed by atoms with Gasteiger partial charge in [-0.3, -0.25) is 0 Å². The summed E-state index contributed by atoms with van der Waals surface area (Å²) in [6, 6.07) is 1.92. The summed E-state index contributed by atoms with van der Waals surface area (Å²) < 4.78 is 23.1. The third-order valence-electron chi connectivity index (χ3n) is 2.68. The van der Waals surface area contributed by atoms with Gasteiger partial charge < -0.3 is 5.43 Å². The summed E-state index contributed by atoms with van der Waals surface area (Å²) in [5, 5.41) is 0.0563. The minimum atomic E-state index is -3.23. The predicted molar refractivity (Wildman–Crippen MR) is 73.2 cm³/mol. The van der Waals surface area contributed by atoms with Gasteiger partial charge in [0.1, 0.15) is 15.9 Å². The zero-order valence-electron chi connectivity index (χ0n) is 10.3. The van der Waals surface area contributed by atoms with Crippen LogP contribution in [0.2, 0.25) is 0 Å². The summed E-state index contributed by atoms with van der Waals surface area (Å²) in [7, 11) is -3.23. The lowest BCUT2D eigenvalue weighted by molar-refractivity contribution is 0.589. The molecular formula is C10H14N4O2S2. The quantitative estimate of drug-likeness (QED) is 0.653. The van der Waals surface area contributed by atoms with Crippen molar-refractivity contribution < 1.29 is 8.42 Å². The molecule has 0 amide bonds. The molecule has 0 saturated carbocycles. The average molecular weight is 286 g/mol. The van der Waals surface area contributed by atoms with E-state index in [9.17, 15) is 8.42 Å². The highest BCUT2D eigenvalue weighted by molar-refractivity contribution is 7.90. The number of fused-ring (bicyclic) bond motifs is 1. The molecule has 0 bridgehead atoms. The maximum absolute atomic E-state index is 11.5. The molecule has 0 radical (unpaired) electrons. The number of aryl methyl sites for hydroxylation is 1. The van der Waals surface area contributed by atoms with Crippen LogP contribution in [0, 0.1) is 6.92 Å². The van der Waals surface area contributed by atoms with Crippen molar-refractivity contribution in [2.45, 2.75) is 19.1 Å². The minimum Gasteiger partial charge on any atom is -0.308 e. The number of nitrogens with two attached hydrogens (primary N) is 1. The van der Waals surface area contributed by atoms with Crippen LogP contribution in [-0.2, 0) is 9.84 Å². The molecule has 2 aromatic rings. The Morgan fingerprint density at radius 3 is 2.67 bits per heavy atom. The van der Waals surface area contributed by atoms with Crippen molar-refractivity contribution >= 4 is 37.2 Å². The second kappa shape index (κ2) is 4.45. The number of hydrazine groups is 1. The van der Waals surface area contributed by atoms with E-state index in [1.54, 1.807) is 6.92 Å². The number of thiophene rings is 1. The van der Waals surface area contributed by atoms with E-state index in [1.165, 1.54) is 17.6 Å². The van der Waals surface area contributed by atoms with E-state index in [4.69, 9.17) is 5.84 Å². The zero-order valence-corrected chi connectivity index (χ0v) is 11.9. The standard InChI is InChI=1S/C10H14N4O2S2/c1-5-4-7-9(14-11)12-8(13-10(7)17-5)6(2)18(3,15)16/h4,6H,11H2,1-3H3,(H,12,13,14). The number of rotatable bonds is 3. The number of nitrogens with zero attached hydrogens (tertiary/aromatic N) is 2. The first-order valence-corrected chi connectivity index (χ1v) is 8.03. The van der Waals surface area contributed by atoms with Crippen molar-refractivity contribution in [3.63, 3.8) is 0 Å². The third-order valence-corrected chi connectivity index (χ3v) is 5.12. The van der Waals surface area contributed by atoms with E-state index in [2.05, 4.69) is 15.4 Å². The van der Waals surface area contributed by atoms with Gasteiger partial charge in [-0.05, 0) is 19.9 Å². The Morgan fingerprint density at radius 1 is 1.44 bits per heavy atom. The topological polar surface area (TPSA) is 98.0 Å². The van der Waals surface area contributed by atoms with Gasteiger partial charge in [-0.25, -0.2) is 24.2 Å². The number of nitrogen functional groups attached to an aromatic ring is 1. The Bertz CT molecular complexity index is 693. The van der Waals surface area contributed by atoms with Gasteiger partial charge in [0.15, 0.2) is 15.7 Å². The number of hydrogen-bond acceptors (Lipinski definition) is 7. The van der Waals surface area contributed by atoms with Gasteiger partial charge in [-0.15, -0.1) is 11.3 Å². The second-order valence-corrected chi connectivity index (χ2v) is 7.72. The normalized spacial score (nSPS) is 13.8. The fourth-order valence-corrected chi connectivity index (χ4v) is 2.92. The van der Waals surface area contributed by atoms with Gasteiger partial charge in [-0.1, -0.05) is 0 Å². The van der Waals surface area contributed by atoms with Crippen molar-refractivity contribution in [1.29, 1.82) is 0 Å². The molecule has 0 saturated heterocycles. The number of aromatic nitrogens is 2. The molecule has 0 spiro atoms. The molecular weight excluding hydrogens is 272 g/mol. The van der Waals surface area contributed by atoms with Gasteiger partial charge in [0, 0.05) is 11.1 Å². The molecule has 1 atom stereocenters. The molecule has 2 heterocycles. The van der Waals surface area contributed by atoms with Crippen molar-refractivity contribution in [1.82, 2.24) is 9.97 Å². The first-order chi connectivity index (χ1) is 8.32. The monoisotopic (exact) mass is 286 g/mol. The molecule has 2 rings (SSSR count). The van der Waals surface area contributed by atoms with Crippen molar-refractivity contribution in [3.05, 3.63) is 16.8 Å². The van der Waals surface area contributed by atoms with E-state index in [0.717, 1.165) is 15.1 Å². The van der Waals surface area contributed by atoms with Crippen LogP contribution in [0.4, 0.5) is 5.82 Å². The Labute approximate surface area is 109 Å². The highest BCUT2D eigenvalue weighted by Crippen LogP contribution is 2.30. The van der Waals surface area contributed by atoms with Crippen LogP contribution < -0.4 is 11.3 Å². The molecule has 0 fully saturated rings. The third kappa shape index (κ3) is 2.31. The van der Waals surface area contributed by atoms with Gasteiger partial charge in [0.05, 0.1) is 5.39 Å². The van der Waals surface area contributed by atoms with Gasteiger partial charge in [-0.2, -0.15) is 0 Å². The molecule has 6 nitrogen and oxygen atoms in total. The Hall–Kier alpha value is -1.25. The van der Waals surface area contributed by atoms with Gasteiger partial charge in [0.25, 0.3) is 0 Å². The molecule has 0 aliphatic rings. The van der Waals surface area contributed by atoms with Crippen LogP contribution in [0.3, 0.4) is 0 Å². The molecule has 0 aromatic carbocycles. The molecule has 98 valence electrons. The summed E-state index contributed by atoms with van der Waals surface area (Å²) in [5.41, 5.74) is 2.49. The maximum atomic E-state index is 11.5. The second-order valence-electron chi connectivity index (χ2n) is 4.12. The maximum Gasteiger partial charge on any atom is 0.157 e. The SMILES string of the molecule is Cc1cc2c(NN)nc(C(C)S(C)(=O)=O)nc2s1. The molecule has 8 heteroatoms. The van der Waals surface area contributed by atoms with E-state index < -0.39 is 15.1 Å². The van der Waals surface area contributed by atoms with E-state index in [0.29, 0.717) is 5.82 Å². The van der Waals surface area contributed by atoms with E-state index in [-0.39, 0.29) is 5.82 Å². The fourth-order valence-electron chi connectivity index (χ4n) is 1.54. The predicted octanol–water partition coefficient (Wildman–Crippen LogP) is 1.39. The summed E-state index contributed by atoms with van der Waals surface area (Å²) in [4.78, 5) is 10.3. The smallest absolute Gasteiger partial charge is 0.157 e. The largest absolute Gasteiger partial charge is 0.308 e. The number of anilines is 1. The van der Waals surface area contributed by atoms with Crippen molar-refractivity contribution in [2.75, 3.05) is 11.7 Å². The van der Waals surface area contributed by atoms with Crippen LogP contribution in [0.1, 0.15) is 22.9 Å². The number of hydrogen-bond donors (Lipinski definition) is 2. The number of nitrogens with one attached hydrogen (secondary N) is 1. The Kier molecular flexibility index (Phi) is 3.26. The molecule has 18 heavy (non-hydrogen) atoms. The summed E-state index contributed by atoms with van der Waals surface area (Å²) in [6.45, 7) is 3.52. The summed E-state index contributed by atoms with van der Waals surface area (Å²) in [6.07, 6.45) is 1.17.